The molecule has 1 aromatic rings. The number of hydrogen-bond acceptors (Lipinski definition) is 5. The summed E-state index contributed by atoms with van der Waals surface area (Å²) < 4.78 is 34.1. The lowest BCUT2D eigenvalue weighted by atomic mass is 9.97. The molecule has 0 spiro atoms. The summed E-state index contributed by atoms with van der Waals surface area (Å²) >= 11 is 0. The van der Waals surface area contributed by atoms with Gasteiger partial charge in [0, 0.05) is 18.5 Å². The van der Waals surface area contributed by atoms with Gasteiger partial charge in [-0.1, -0.05) is 32.8 Å². The third kappa shape index (κ3) is 7.00. The molecule has 1 rings (SSSR count). The SMILES string of the molecule is CCCC[C@@H](CC)C(=O)N(Cc1ccc(OC)c(OS(=O)(=O)CC)c1)C(C)C. The van der Waals surface area contributed by atoms with Crippen LogP contribution in [0.1, 0.15) is 65.9 Å². The molecule has 0 aromatic heterocycles. The Hall–Kier alpha value is -1.76. The van der Waals surface area contributed by atoms with Gasteiger partial charge < -0.3 is 13.8 Å². The molecule has 0 saturated carbocycles. The molecule has 0 aliphatic heterocycles. The van der Waals surface area contributed by atoms with Gasteiger partial charge >= 0.3 is 10.1 Å². The van der Waals surface area contributed by atoms with Crippen LogP contribution in [0, 0.1) is 5.92 Å². The highest BCUT2D eigenvalue weighted by molar-refractivity contribution is 7.87. The quantitative estimate of drug-likeness (QED) is 0.476. The van der Waals surface area contributed by atoms with E-state index in [1.54, 1.807) is 12.1 Å². The minimum atomic E-state index is -3.67. The number of ether oxygens (including phenoxy) is 1. The van der Waals surface area contributed by atoms with E-state index in [2.05, 4.69) is 6.92 Å². The summed E-state index contributed by atoms with van der Waals surface area (Å²) in [4.78, 5) is 14.9. The predicted molar refractivity (Wildman–Crippen MR) is 112 cm³/mol. The zero-order valence-corrected chi connectivity index (χ0v) is 18.8. The summed E-state index contributed by atoms with van der Waals surface area (Å²) in [6.07, 6.45) is 3.80. The van der Waals surface area contributed by atoms with Crippen LogP contribution in [0.3, 0.4) is 0 Å². The van der Waals surface area contributed by atoms with E-state index < -0.39 is 10.1 Å². The van der Waals surface area contributed by atoms with E-state index in [4.69, 9.17) is 8.92 Å². The minimum Gasteiger partial charge on any atom is -0.493 e. The number of amides is 1. The van der Waals surface area contributed by atoms with Gasteiger partial charge in [-0.15, -0.1) is 0 Å². The summed E-state index contributed by atoms with van der Waals surface area (Å²) in [7, 11) is -2.21. The predicted octanol–water partition coefficient (Wildman–Crippen LogP) is 4.38. The Kier molecular flexibility index (Phi) is 9.79. The van der Waals surface area contributed by atoms with Crippen molar-refractivity contribution in [1.82, 2.24) is 4.90 Å². The van der Waals surface area contributed by atoms with Crippen LogP contribution in [0.2, 0.25) is 0 Å². The van der Waals surface area contributed by atoms with Crippen LogP contribution >= 0.6 is 0 Å². The van der Waals surface area contributed by atoms with Crippen molar-refractivity contribution >= 4 is 16.0 Å². The maximum absolute atomic E-state index is 13.1. The second-order valence-corrected chi connectivity index (χ2v) is 9.08. The van der Waals surface area contributed by atoms with Gasteiger partial charge in [-0.2, -0.15) is 8.42 Å². The number of carbonyl (C=O) groups is 1. The lowest BCUT2D eigenvalue weighted by Crippen LogP contribution is -2.40. The summed E-state index contributed by atoms with van der Waals surface area (Å²) in [5.41, 5.74) is 0.800. The number of carbonyl (C=O) groups excluding carboxylic acids is 1. The molecule has 1 atom stereocenters. The van der Waals surface area contributed by atoms with Gasteiger partial charge in [0.2, 0.25) is 5.91 Å². The number of unbranched alkanes of at least 4 members (excludes halogenated alkanes) is 1. The Bertz CT molecular complexity index is 730. The van der Waals surface area contributed by atoms with Gasteiger partial charge in [0.1, 0.15) is 0 Å². The van der Waals surface area contributed by atoms with Crippen molar-refractivity contribution in [3.8, 4) is 11.5 Å². The normalized spacial score (nSPS) is 12.7. The van der Waals surface area contributed by atoms with E-state index in [1.165, 1.54) is 14.0 Å². The standard InChI is InChI=1S/C21H35NO5S/c1-7-10-11-18(8-2)21(23)22(16(4)5)15-17-12-13-19(26-6)20(14-17)27-28(24,25)9-3/h12-14,16,18H,7-11,15H2,1-6H3/t18-/m1/s1. The Morgan fingerprint density at radius 3 is 2.32 bits per heavy atom. The average Bonchev–Trinajstić information content (AvgIpc) is 2.66. The first-order valence-electron chi connectivity index (χ1n) is 10.1. The highest BCUT2D eigenvalue weighted by atomic mass is 32.2. The van der Waals surface area contributed by atoms with Crippen LogP contribution < -0.4 is 8.92 Å². The summed E-state index contributed by atoms with van der Waals surface area (Å²) in [5, 5.41) is 0. The molecule has 1 aromatic carbocycles. The minimum absolute atomic E-state index is 0.0109. The number of methoxy groups -OCH3 is 1. The molecule has 0 N–H and O–H groups in total. The van der Waals surface area contributed by atoms with Crippen molar-refractivity contribution in [1.29, 1.82) is 0 Å². The van der Waals surface area contributed by atoms with E-state index >= 15 is 0 Å². The van der Waals surface area contributed by atoms with Gasteiger partial charge in [-0.05, 0) is 51.3 Å². The first-order chi connectivity index (χ1) is 13.2. The van der Waals surface area contributed by atoms with Crippen LogP contribution in [0.25, 0.3) is 0 Å². The summed E-state index contributed by atoms with van der Waals surface area (Å²) in [6.45, 7) is 10.1. The maximum atomic E-state index is 13.1. The fraction of sp³-hybridized carbons (Fsp3) is 0.667. The van der Waals surface area contributed by atoms with Gasteiger partial charge in [0.25, 0.3) is 0 Å². The summed E-state index contributed by atoms with van der Waals surface area (Å²) in [5.74, 6) is 0.517. The van der Waals surface area contributed by atoms with Crippen molar-refractivity contribution in [2.75, 3.05) is 12.9 Å². The molecule has 0 unspecified atom stereocenters. The highest BCUT2D eigenvalue weighted by Crippen LogP contribution is 2.30. The van der Waals surface area contributed by atoms with Crippen molar-refractivity contribution in [2.24, 2.45) is 5.92 Å². The first-order valence-corrected chi connectivity index (χ1v) is 11.7. The molecule has 7 heteroatoms. The lowest BCUT2D eigenvalue weighted by Gasteiger charge is -2.31. The monoisotopic (exact) mass is 413 g/mol. The fourth-order valence-electron chi connectivity index (χ4n) is 2.98. The Labute approximate surface area is 170 Å². The van der Waals surface area contributed by atoms with Crippen LogP contribution in [-0.4, -0.2) is 38.1 Å². The average molecular weight is 414 g/mol. The van der Waals surface area contributed by atoms with Crippen molar-refractivity contribution in [3.63, 3.8) is 0 Å². The zero-order chi connectivity index (χ0) is 21.3. The van der Waals surface area contributed by atoms with Crippen LogP contribution in [-0.2, 0) is 21.5 Å². The molecular weight excluding hydrogens is 378 g/mol. The van der Waals surface area contributed by atoms with Crippen LogP contribution in [0.4, 0.5) is 0 Å². The van der Waals surface area contributed by atoms with Crippen molar-refractivity contribution in [3.05, 3.63) is 23.8 Å². The lowest BCUT2D eigenvalue weighted by molar-refractivity contribution is -0.138. The molecule has 0 saturated heterocycles. The maximum Gasteiger partial charge on any atom is 0.309 e. The molecule has 0 heterocycles. The molecule has 1 amide bonds. The molecule has 0 aliphatic rings. The van der Waals surface area contributed by atoms with Crippen LogP contribution in [0.5, 0.6) is 11.5 Å². The Balaban J connectivity index is 3.11. The van der Waals surface area contributed by atoms with E-state index in [0.29, 0.717) is 12.3 Å². The number of hydrogen-bond donors (Lipinski definition) is 0. The number of benzene rings is 1. The third-order valence-electron chi connectivity index (χ3n) is 4.81. The van der Waals surface area contributed by atoms with E-state index in [-0.39, 0.29) is 29.4 Å². The molecule has 6 nitrogen and oxygen atoms in total. The smallest absolute Gasteiger partial charge is 0.309 e. The van der Waals surface area contributed by atoms with Gasteiger partial charge in [0.05, 0.1) is 12.9 Å². The first kappa shape index (κ1) is 24.3. The molecular formula is C21H35NO5S. The largest absolute Gasteiger partial charge is 0.493 e. The highest BCUT2D eigenvalue weighted by Gasteiger charge is 2.25. The third-order valence-corrected chi connectivity index (χ3v) is 5.95. The molecule has 0 aliphatic carbocycles. The Morgan fingerprint density at radius 2 is 1.82 bits per heavy atom. The molecule has 160 valence electrons. The van der Waals surface area contributed by atoms with E-state index in [0.717, 1.165) is 31.2 Å². The van der Waals surface area contributed by atoms with E-state index in [1.807, 2.05) is 31.7 Å². The van der Waals surface area contributed by atoms with Gasteiger partial charge in [-0.3, -0.25) is 4.79 Å². The topological polar surface area (TPSA) is 72.9 Å². The Morgan fingerprint density at radius 1 is 1.14 bits per heavy atom. The van der Waals surface area contributed by atoms with Gasteiger partial charge in [-0.25, -0.2) is 0 Å². The fourth-order valence-corrected chi connectivity index (χ4v) is 3.50. The number of rotatable bonds is 12. The second-order valence-electron chi connectivity index (χ2n) is 7.22. The molecule has 0 fully saturated rings. The van der Waals surface area contributed by atoms with Crippen molar-refractivity contribution < 1.29 is 22.1 Å². The number of nitrogens with zero attached hydrogens (tertiary/aromatic N) is 1. The molecule has 28 heavy (non-hydrogen) atoms. The molecule has 0 bridgehead atoms. The summed E-state index contributed by atoms with van der Waals surface area (Å²) in [6, 6.07) is 5.18. The van der Waals surface area contributed by atoms with Crippen LogP contribution in [0.15, 0.2) is 18.2 Å². The second kappa shape index (κ2) is 11.3. The van der Waals surface area contributed by atoms with Gasteiger partial charge in [0.15, 0.2) is 11.5 Å². The zero-order valence-electron chi connectivity index (χ0n) is 18.0. The van der Waals surface area contributed by atoms with Crippen molar-refractivity contribution in [2.45, 2.75) is 72.9 Å². The molecule has 0 radical (unpaired) electrons. The van der Waals surface area contributed by atoms with E-state index in [9.17, 15) is 13.2 Å².